The van der Waals surface area contributed by atoms with Crippen molar-refractivity contribution in [1.29, 1.82) is 0 Å². The molecular weight excluding hydrogens is 150 g/mol. The van der Waals surface area contributed by atoms with Gasteiger partial charge in [0.2, 0.25) is 0 Å². The minimum atomic E-state index is 0.794. The van der Waals surface area contributed by atoms with E-state index in [1.54, 1.807) is 0 Å². The van der Waals surface area contributed by atoms with Gasteiger partial charge in [0, 0.05) is 5.57 Å². The molecule has 0 spiro atoms. The van der Waals surface area contributed by atoms with Crippen LogP contribution in [0.4, 0.5) is 0 Å². The number of nitrogens with one attached hydrogen (secondary N) is 1. The molecule has 0 radical (unpaired) electrons. The summed E-state index contributed by atoms with van der Waals surface area (Å²) in [5.74, 6) is 1.62. The van der Waals surface area contributed by atoms with Gasteiger partial charge in [0.1, 0.15) is 5.82 Å². The lowest BCUT2D eigenvalue weighted by Gasteiger charge is -1.99. The highest BCUT2D eigenvalue weighted by Gasteiger charge is 2.04. The van der Waals surface area contributed by atoms with E-state index in [-0.39, 0.29) is 0 Å². The smallest absolute Gasteiger partial charge is 0.161 e. The predicted molar refractivity (Wildman–Crippen MR) is 49.6 cm³/mol. The first kappa shape index (κ1) is 8.71. The Bertz CT molecular complexity index is 320. The van der Waals surface area contributed by atoms with E-state index in [9.17, 15) is 0 Å². The fourth-order valence-corrected chi connectivity index (χ4v) is 1.05. The average molecular weight is 163 g/mol. The van der Waals surface area contributed by atoms with Gasteiger partial charge in [0.25, 0.3) is 0 Å². The summed E-state index contributed by atoms with van der Waals surface area (Å²) in [7, 11) is 0. The molecule has 1 heterocycles. The quantitative estimate of drug-likeness (QED) is 0.678. The van der Waals surface area contributed by atoms with Crippen LogP contribution in [0.15, 0.2) is 18.2 Å². The van der Waals surface area contributed by atoms with Crippen LogP contribution in [0.1, 0.15) is 25.5 Å². The molecule has 12 heavy (non-hydrogen) atoms. The Morgan fingerprint density at radius 2 is 2.17 bits per heavy atom. The second kappa shape index (κ2) is 3.34. The minimum Gasteiger partial charge on any atom is -0.325 e. The third kappa shape index (κ3) is 1.61. The molecule has 0 fully saturated rings. The largest absolute Gasteiger partial charge is 0.325 e. The molecule has 0 amide bonds. The fourth-order valence-electron chi connectivity index (χ4n) is 1.05. The normalized spacial score (nSPS) is 11.8. The van der Waals surface area contributed by atoms with Crippen molar-refractivity contribution in [3.05, 3.63) is 29.9 Å². The molecule has 0 aliphatic carbocycles. The molecule has 0 saturated carbocycles. The topological polar surface area (TPSA) is 41.6 Å². The monoisotopic (exact) mass is 163 g/mol. The summed E-state index contributed by atoms with van der Waals surface area (Å²) in [5.41, 5.74) is 2.02. The van der Waals surface area contributed by atoms with Gasteiger partial charge in [-0.2, -0.15) is 0 Å². The Kier molecular flexibility index (Phi) is 2.43. The van der Waals surface area contributed by atoms with Crippen molar-refractivity contribution in [2.75, 3.05) is 0 Å². The van der Waals surface area contributed by atoms with Crippen LogP contribution in [-0.4, -0.2) is 15.2 Å². The van der Waals surface area contributed by atoms with Crippen LogP contribution in [0, 0.1) is 6.92 Å². The molecule has 3 heteroatoms. The van der Waals surface area contributed by atoms with Gasteiger partial charge in [0.15, 0.2) is 5.82 Å². The van der Waals surface area contributed by atoms with E-state index >= 15 is 0 Å². The van der Waals surface area contributed by atoms with E-state index in [4.69, 9.17) is 0 Å². The average Bonchev–Trinajstić information content (AvgIpc) is 2.37. The summed E-state index contributed by atoms with van der Waals surface area (Å²) in [6.45, 7) is 9.64. The van der Waals surface area contributed by atoms with Gasteiger partial charge in [0.05, 0.1) is 0 Å². The van der Waals surface area contributed by atoms with Crippen molar-refractivity contribution in [3.8, 4) is 0 Å². The van der Waals surface area contributed by atoms with Gasteiger partial charge in [-0.25, -0.2) is 0 Å². The van der Waals surface area contributed by atoms with Crippen LogP contribution in [0.5, 0.6) is 0 Å². The zero-order valence-electron chi connectivity index (χ0n) is 7.68. The molecule has 3 nitrogen and oxygen atoms in total. The molecule has 0 unspecified atom stereocenters. The zero-order valence-corrected chi connectivity index (χ0v) is 7.68. The molecule has 0 aliphatic rings. The highest BCUT2D eigenvalue weighted by Crippen LogP contribution is 2.16. The SMILES string of the molecule is C=C(C)/C(=C\C)c1nnc(C)[nH]1. The number of aromatic nitrogens is 3. The number of aromatic amines is 1. The van der Waals surface area contributed by atoms with E-state index < -0.39 is 0 Å². The number of rotatable bonds is 2. The Morgan fingerprint density at radius 1 is 1.50 bits per heavy atom. The van der Waals surface area contributed by atoms with Gasteiger partial charge < -0.3 is 4.98 Å². The number of H-pyrrole nitrogens is 1. The van der Waals surface area contributed by atoms with Crippen molar-refractivity contribution in [3.63, 3.8) is 0 Å². The lowest BCUT2D eigenvalue weighted by Crippen LogP contribution is -1.88. The van der Waals surface area contributed by atoms with Crippen molar-refractivity contribution in [2.24, 2.45) is 0 Å². The van der Waals surface area contributed by atoms with Crippen LogP contribution < -0.4 is 0 Å². The Morgan fingerprint density at radius 3 is 2.50 bits per heavy atom. The van der Waals surface area contributed by atoms with Gasteiger partial charge in [-0.05, 0) is 26.3 Å². The first-order valence-electron chi connectivity index (χ1n) is 3.87. The van der Waals surface area contributed by atoms with E-state index in [1.165, 1.54) is 0 Å². The van der Waals surface area contributed by atoms with Crippen molar-refractivity contribution < 1.29 is 0 Å². The van der Waals surface area contributed by atoms with Crippen LogP contribution in [0.25, 0.3) is 5.57 Å². The Balaban J connectivity index is 3.04. The maximum atomic E-state index is 3.97. The molecule has 1 N–H and O–H groups in total. The van der Waals surface area contributed by atoms with Gasteiger partial charge in [-0.3, -0.25) is 0 Å². The maximum Gasteiger partial charge on any atom is 0.161 e. The summed E-state index contributed by atoms with van der Waals surface area (Å²) in [6.07, 6.45) is 1.97. The predicted octanol–water partition coefficient (Wildman–Crippen LogP) is 2.09. The Hall–Kier alpha value is -1.38. The highest BCUT2D eigenvalue weighted by atomic mass is 15.2. The number of nitrogens with zero attached hydrogens (tertiary/aromatic N) is 2. The lowest BCUT2D eigenvalue weighted by atomic mass is 10.1. The maximum absolute atomic E-state index is 3.97. The van der Waals surface area contributed by atoms with Crippen LogP contribution in [-0.2, 0) is 0 Å². The summed E-state index contributed by atoms with van der Waals surface area (Å²) >= 11 is 0. The molecule has 0 aliphatic heterocycles. The third-order valence-corrected chi connectivity index (χ3v) is 1.60. The summed E-state index contributed by atoms with van der Waals surface area (Å²) in [5, 5.41) is 7.85. The molecule has 1 aromatic rings. The molecule has 1 rings (SSSR count). The summed E-state index contributed by atoms with van der Waals surface area (Å²) in [6, 6.07) is 0. The highest BCUT2D eigenvalue weighted by molar-refractivity contribution is 5.73. The van der Waals surface area contributed by atoms with Crippen LogP contribution >= 0.6 is 0 Å². The molecule has 0 bridgehead atoms. The summed E-state index contributed by atoms with van der Waals surface area (Å²) < 4.78 is 0. The molecule has 0 atom stereocenters. The molecule has 64 valence electrons. The standard InChI is InChI=1S/C9H13N3/c1-5-8(6(2)3)9-10-7(4)11-12-9/h5H,2H2,1,3-4H3,(H,10,11,12)/b8-5+. The first-order chi connectivity index (χ1) is 5.65. The fraction of sp³-hybridized carbons (Fsp3) is 0.333. The second-order valence-electron chi connectivity index (χ2n) is 2.74. The third-order valence-electron chi connectivity index (χ3n) is 1.60. The van der Waals surface area contributed by atoms with Crippen LogP contribution in [0.3, 0.4) is 0 Å². The van der Waals surface area contributed by atoms with Crippen molar-refractivity contribution in [1.82, 2.24) is 15.2 Å². The van der Waals surface area contributed by atoms with E-state index in [0.717, 1.165) is 22.8 Å². The van der Waals surface area contributed by atoms with Crippen molar-refractivity contribution >= 4 is 5.57 Å². The van der Waals surface area contributed by atoms with Gasteiger partial charge in [-0.1, -0.05) is 12.7 Å². The number of allylic oxidation sites excluding steroid dienone is 3. The number of hydrogen-bond acceptors (Lipinski definition) is 2. The number of hydrogen-bond donors (Lipinski definition) is 1. The van der Waals surface area contributed by atoms with Crippen LogP contribution in [0.2, 0.25) is 0 Å². The molecular formula is C9H13N3. The van der Waals surface area contributed by atoms with Crippen molar-refractivity contribution in [2.45, 2.75) is 20.8 Å². The summed E-state index contributed by atoms with van der Waals surface area (Å²) in [4.78, 5) is 3.06. The minimum absolute atomic E-state index is 0.794. The molecule has 0 saturated heterocycles. The van der Waals surface area contributed by atoms with E-state index in [2.05, 4.69) is 21.8 Å². The Labute approximate surface area is 72.2 Å². The first-order valence-corrected chi connectivity index (χ1v) is 3.87. The van der Waals surface area contributed by atoms with E-state index in [0.29, 0.717) is 0 Å². The molecule has 0 aromatic carbocycles. The van der Waals surface area contributed by atoms with E-state index in [1.807, 2.05) is 26.8 Å². The molecule has 1 aromatic heterocycles. The number of aryl methyl sites for hydroxylation is 1. The second-order valence-corrected chi connectivity index (χ2v) is 2.74. The van der Waals surface area contributed by atoms with Gasteiger partial charge in [-0.15, -0.1) is 10.2 Å². The lowest BCUT2D eigenvalue weighted by molar-refractivity contribution is 1.03. The van der Waals surface area contributed by atoms with Gasteiger partial charge >= 0.3 is 0 Å². The zero-order chi connectivity index (χ0) is 9.14.